The van der Waals surface area contributed by atoms with Gasteiger partial charge in [0.2, 0.25) is 0 Å². The fraction of sp³-hybridized carbons (Fsp3) is 1.00. The van der Waals surface area contributed by atoms with Crippen LogP contribution in [0, 0.1) is 0 Å². The summed E-state index contributed by atoms with van der Waals surface area (Å²) in [5.74, 6) is 0. The summed E-state index contributed by atoms with van der Waals surface area (Å²) in [6, 6.07) is 0. The predicted octanol–water partition coefficient (Wildman–Crippen LogP) is -0.444. The van der Waals surface area contributed by atoms with Gasteiger partial charge in [0.25, 0.3) is 0 Å². The third-order valence-corrected chi connectivity index (χ3v) is 1.70. The van der Waals surface area contributed by atoms with Crippen LogP contribution in [0.15, 0.2) is 0 Å². The van der Waals surface area contributed by atoms with Crippen molar-refractivity contribution < 1.29 is 28.3 Å². The van der Waals surface area contributed by atoms with Gasteiger partial charge in [0.1, 0.15) is 12.8 Å². The van der Waals surface area contributed by atoms with Crippen molar-refractivity contribution >= 4 is 16.9 Å². The Hall–Kier alpha value is 0.290. The molecule has 0 aliphatic carbocycles. The van der Waals surface area contributed by atoms with Crippen LogP contribution in [-0.2, 0) is 13.6 Å². The van der Waals surface area contributed by atoms with E-state index in [2.05, 4.69) is 9.05 Å². The summed E-state index contributed by atoms with van der Waals surface area (Å²) < 4.78 is 18.5. The van der Waals surface area contributed by atoms with Crippen molar-refractivity contribution in [3.63, 3.8) is 0 Å². The molecule has 0 aromatic rings. The zero-order chi connectivity index (χ0) is 9.56. The lowest BCUT2D eigenvalue weighted by Crippen LogP contribution is -2.23. The van der Waals surface area contributed by atoms with E-state index in [1.807, 2.05) is 0 Å². The lowest BCUT2D eigenvalue weighted by atomic mass is 10.4. The van der Waals surface area contributed by atoms with Crippen molar-refractivity contribution in [3.8, 4) is 0 Å². The van der Waals surface area contributed by atoms with E-state index in [-0.39, 0.29) is 13.0 Å². The van der Waals surface area contributed by atoms with Crippen LogP contribution < -0.4 is 5.73 Å². The molecule has 0 radical (unpaired) electrons. The number of hydrogen-bond acceptors (Lipinski definition) is 6. The molecule has 0 rings (SSSR count). The fourth-order valence-electron chi connectivity index (χ4n) is 0.421. The Labute approximate surface area is 71.1 Å². The van der Waals surface area contributed by atoms with Crippen LogP contribution in [-0.4, -0.2) is 27.5 Å². The quantitative estimate of drug-likeness (QED) is 0.352. The molecule has 72 valence electrons. The molecule has 2 unspecified atom stereocenters. The number of nitrogens with two attached hydrogens (primary N) is 1. The second-order valence-corrected chi connectivity index (χ2v) is 3.21. The first kappa shape index (κ1) is 12.3. The van der Waals surface area contributed by atoms with Crippen LogP contribution in [0.2, 0.25) is 0 Å². The first-order valence-electron chi connectivity index (χ1n) is 2.91. The number of hydrogen-bond donors (Lipinski definition) is 4. The molecule has 9 heteroatoms. The molecule has 0 fully saturated rings. The zero-order valence-electron chi connectivity index (χ0n) is 6.03. The van der Waals surface area contributed by atoms with E-state index < -0.39 is 23.1 Å². The Morgan fingerprint density at radius 2 is 2.17 bits per heavy atom. The van der Waals surface area contributed by atoms with Crippen molar-refractivity contribution in [1.82, 2.24) is 0 Å². The van der Waals surface area contributed by atoms with Crippen LogP contribution in [0.5, 0.6) is 0 Å². The average molecular weight is 218 g/mol. The second-order valence-electron chi connectivity index (χ2n) is 1.76. The van der Waals surface area contributed by atoms with Crippen LogP contribution >= 0.6 is 16.9 Å². The second kappa shape index (κ2) is 6.77. The summed E-state index contributed by atoms with van der Waals surface area (Å²) in [5.41, 5.74) is 5.18. The van der Waals surface area contributed by atoms with Gasteiger partial charge in [-0.2, -0.15) is 0 Å². The molecule has 0 bridgehead atoms. The van der Waals surface area contributed by atoms with E-state index in [1.54, 1.807) is 0 Å². The third-order valence-electron chi connectivity index (χ3n) is 0.834. The van der Waals surface area contributed by atoms with E-state index in [1.165, 1.54) is 0 Å². The summed E-state index contributed by atoms with van der Waals surface area (Å²) in [5, 5.41) is 0. The van der Waals surface area contributed by atoms with Crippen LogP contribution in [0.4, 0.5) is 0 Å². The third kappa shape index (κ3) is 8.39. The van der Waals surface area contributed by atoms with Crippen molar-refractivity contribution in [1.29, 1.82) is 0 Å². The SMILES string of the molecule is NC(CCO[P+](=O)O)OP(O)O. The highest BCUT2D eigenvalue weighted by Crippen LogP contribution is 2.26. The van der Waals surface area contributed by atoms with Crippen molar-refractivity contribution in [3.05, 3.63) is 0 Å². The minimum atomic E-state index is -2.63. The molecule has 0 heterocycles. The smallest absolute Gasteiger partial charge is 0.328 e. The van der Waals surface area contributed by atoms with Crippen LogP contribution in [0.25, 0.3) is 0 Å². The van der Waals surface area contributed by atoms with Crippen molar-refractivity contribution in [2.75, 3.05) is 6.61 Å². The summed E-state index contributed by atoms with van der Waals surface area (Å²) in [7, 11) is -5.12. The zero-order valence-corrected chi connectivity index (χ0v) is 7.82. The maximum Gasteiger partial charge on any atom is 0.694 e. The number of rotatable bonds is 6. The van der Waals surface area contributed by atoms with E-state index >= 15 is 0 Å². The van der Waals surface area contributed by atoms with Gasteiger partial charge in [-0.1, -0.05) is 0 Å². The van der Waals surface area contributed by atoms with E-state index in [0.29, 0.717) is 0 Å². The van der Waals surface area contributed by atoms with Crippen LogP contribution in [0.1, 0.15) is 6.42 Å². The topological polar surface area (TPSA) is 122 Å². The Balaban J connectivity index is 3.31. The molecule has 5 N–H and O–H groups in total. The van der Waals surface area contributed by atoms with Gasteiger partial charge in [-0.05, 0) is 0 Å². The minimum absolute atomic E-state index is 0.0734. The highest BCUT2D eigenvalue weighted by molar-refractivity contribution is 7.39. The maximum atomic E-state index is 9.95. The van der Waals surface area contributed by atoms with Gasteiger partial charge in [0.05, 0.1) is 0 Å². The first-order valence-corrected chi connectivity index (χ1v) is 5.21. The van der Waals surface area contributed by atoms with E-state index in [4.69, 9.17) is 20.4 Å². The maximum absolute atomic E-state index is 9.95. The molecular weight excluding hydrogens is 208 g/mol. The largest absolute Gasteiger partial charge is 0.694 e. The fourth-order valence-corrected chi connectivity index (χ4v) is 1.03. The molecule has 0 spiro atoms. The van der Waals surface area contributed by atoms with Gasteiger partial charge >= 0.3 is 16.9 Å². The van der Waals surface area contributed by atoms with E-state index in [9.17, 15) is 4.57 Å². The first-order chi connectivity index (χ1) is 5.52. The molecule has 0 amide bonds. The molecular formula is C3H10NO6P2+. The van der Waals surface area contributed by atoms with E-state index in [0.717, 1.165) is 0 Å². The Morgan fingerprint density at radius 1 is 1.58 bits per heavy atom. The lowest BCUT2D eigenvalue weighted by Gasteiger charge is -2.10. The normalized spacial score (nSPS) is 14.9. The van der Waals surface area contributed by atoms with Crippen molar-refractivity contribution in [2.24, 2.45) is 5.73 Å². The Bertz CT molecular complexity index is 143. The average Bonchev–Trinajstić information content (AvgIpc) is 1.84. The molecule has 2 atom stereocenters. The monoisotopic (exact) mass is 218 g/mol. The summed E-state index contributed by atoms with van der Waals surface area (Å²) in [6.45, 7) is -0.0734. The molecule has 12 heavy (non-hydrogen) atoms. The predicted molar refractivity (Wildman–Crippen MR) is 40.8 cm³/mol. The molecule has 0 saturated carbocycles. The summed E-state index contributed by atoms with van der Waals surface area (Å²) >= 11 is 0. The van der Waals surface area contributed by atoms with Gasteiger partial charge in [0.15, 0.2) is 0 Å². The standard InChI is InChI=1S/C3H9NO6P2/c4-3(10-12(7)8)1-2-9-11(5)6/h3,7-8H,1-2,4H2/p+1. The molecule has 7 nitrogen and oxygen atoms in total. The Kier molecular flexibility index (Phi) is 6.93. The molecule has 0 aliphatic heterocycles. The molecule has 0 saturated heterocycles. The Morgan fingerprint density at radius 3 is 2.58 bits per heavy atom. The van der Waals surface area contributed by atoms with Gasteiger partial charge in [0, 0.05) is 11.0 Å². The lowest BCUT2D eigenvalue weighted by molar-refractivity contribution is 0.144. The van der Waals surface area contributed by atoms with Crippen molar-refractivity contribution in [2.45, 2.75) is 12.6 Å². The molecule has 0 aromatic heterocycles. The van der Waals surface area contributed by atoms with Gasteiger partial charge in [-0.15, -0.1) is 9.42 Å². The van der Waals surface area contributed by atoms with Gasteiger partial charge in [-0.3, -0.25) is 4.52 Å². The van der Waals surface area contributed by atoms with Crippen LogP contribution in [0.3, 0.4) is 0 Å². The highest BCUT2D eigenvalue weighted by Gasteiger charge is 2.14. The summed E-state index contributed by atoms with van der Waals surface area (Å²) in [6.07, 6.45) is -0.789. The highest BCUT2D eigenvalue weighted by atomic mass is 31.2. The van der Waals surface area contributed by atoms with Gasteiger partial charge < -0.3 is 15.5 Å². The van der Waals surface area contributed by atoms with Gasteiger partial charge in [-0.25, -0.2) is 0 Å². The molecule has 0 aliphatic rings. The summed E-state index contributed by atoms with van der Waals surface area (Å²) in [4.78, 5) is 24.8. The minimum Gasteiger partial charge on any atom is -0.328 e. The molecule has 0 aromatic carbocycles.